The van der Waals surface area contributed by atoms with Crippen molar-refractivity contribution < 1.29 is 0 Å². The molecule has 1 aliphatic heterocycles. The van der Waals surface area contributed by atoms with Crippen LogP contribution in [0.5, 0.6) is 0 Å². The van der Waals surface area contributed by atoms with Crippen LogP contribution < -0.4 is 0 Å². The van der Waals surface area contributed by atoms with Crippen LogP contribution in [-0.4, -0.2) is 5.71 Å². The van der Waals surface area contributed by atoms with Crippen LogP contribution >= 0.6 is 0 Å². The molecule has 0 aromatic rings. The Hall–Kier alpha value is -0.590. The molecule has 0 saturated carbocycles. The molecule has 0 saturated heterocycles. The van der Waals surface area contributed by atoms with Gasteiger partial charge in [0.25, 0.3) is 0 Å². The van der Waals surface area contributed by atoms with Gasteiger partial charge in [0.05, 0.1) is 0 Å². The third kappa shape index (κ3) is 1.52. The SMILES string of the molecule is CCCC1(C)C=CN=C1CC. The maximum Gasteiger partial charge on any atom is 0.0273 e. The molecule has 0 aliphatic carbocycles. The lowest BCUT2D eigenvalue weighted by molar-refractivity contribution is 0.529. The molecule has 0 aromatic carbocycles. The summed E-state index contributed by atoms with van der Waals surface area (Å²) in [6.45, 7) is 6.69. The minimum Gasteiger partial charge on any atom is -0.265 e. The third-order valence-electron chi connectivity index (χ3n) is 2.44. The largest absolute Gasteiger partial charge is 0.265 e. The molecule has 0 aromatic heterocycles. The molecule has 1 atom stereocenters. The molecule has 1 unspecified atom stereocenters. The summed E-state index contributed by atoms with van der Waals surface area (Å²) in [4.78, 5) is 4.36. The highest BCUT2D eigenvalue weighted by Gasteiger charge is 2.27. The standard InChI is InChI=1S/C10H17N/c1-4-6-10(3)7-8-11-9(10)5-2/h7-8H,4-6H2,1-3H3. The van der Waals surface area contributed by atoms with E-state index in [0.29, 0.717) is 0 Å². The van der Waals surface area contributed by atoms with Gasteiger partial charge in [0.2, 0.25) is 0 Å². The van der Waals surface area contributed by atoms with Crippen molar-refractivity contribution in [3.05, 3.63) is 12.3 Å². The predicted molar refractivity (Wildman–Crippen MR) is 49.9 cm³/mol. The minimum atomic E-state index is 0.281. The van der Waals surface area contributed by atoms with E-state index in [1.54, 1.807) is 0 Å². The maximum absolute atomic E-state index is 4.36. The van der Waals surface area contributed by atoms with Crippen LogP contribution in [0, 0.1) is 5.41 Å². The molecule has 1 aliphatic rings. The molecule has 0 bridgehead atoms. The van der Waals surface area contributed by atoms with Crippen LogP contribution in [0.4, 0.5) is 0 Å². The molecule has 11 heavy (non-hydrogen) atoms. The molecule has 1 rings (SSSR count). The van der Waals surface area contributed by atoms with Gasteiger partial charge in [0.1, 0.15) is 0 Å². The van der Waals surface area contributed by atoms with Crippen molar-refractivity contribution >= 4 is 5.71 Å². The average Bonchev–Trinajstić information content (AvgIpc) is 2.31. The number of allylic oxidation sites excluding steroid dienone is 1. The molecule has 1 nitrogen and oxygen atoms in total. The van der Waals surface area contributed by atoms with Crippen LogP contribution in [0.3, 0.4) is 0 Å². The van der Waals surface area contributed by atoms with E-state index in [1.807, 2.05) is 6.20 Å². The average molecular weight is 151 g/mol. The number of hydrogen-bond donors (Lipinski definition) is 0. The van der Waals surface area contributed by atoms with E-state index in [4.69, 9.17) is 0 Å². The Morgan fingerprint density at radius 1 is 1.45 bits per heavy atom. The summed E-state index contributed by atoms with van der Waals surface area (Å²) < 4.78 is 0. The van der Waals surface area contributed by atoms with Crippen molar-refractivity contribution in [2.45, 2.75) is 40.0 Å². The van der Waals surface area contributed by atoms with E-state index < -0.39 is 0 Å². The third-order valence-corrected chi connectivity index (χ3v) is 2.44. The Kier molecular flexibility index (Phi) is 2.48. The second-order valence-corrected chi connectivity index (χ2v) is 3.41. The van der Waals surface area contributed by atoms with Crippen molar-refractivity contribution in [3.8, 4) is 0 Å². The lowest BCUT2D eigenvalue weighted by Gasteiger charge is -2.22. The summed E-state index contributed by atoms with van der Waals surface area (Å²) in [5.41, 5.74) is 1.63. The fraction of sp³-hybridized carbons (Fsp3) is 0.700. The van der Waals surface area contributed by atoms with E-state index in [0.717, 1.165) is 6.42 Å². The van der Waals surface area contributed by atoms with Gasteiger partial charge >= 0.3 is 0 Å². The van der Waals surface area contributed by atoms with Gasteiger partial charge in [-0.3, -0.25) is 4.99 Å². The van der Waals surface area contributed by atoms with Gasteiger partial charge in [-0.05, 0) is 12.8 Å². The summed E-state index contributed by atoms with van der Waals surface area (Å²) in [7, 11) is 0. The zero-order valence-corrected chi connectivity index (χ0v) is 7.72. The summed E-state index contributed by atoms with van der Waals surface area (Å²) in [6.07, 6.45) is 7.74. The van der Waals surface area contributed by atoms with E-state index in [1.165, 1.54) is 18.6 Å². The monoisotopic (exact) mass is 151 g/mol. The van der Waals surface area contributed by atoms with Crippen LogP contribution in [0.2, 0.25) is 0 Å². The van der Waals surface area contributed by atoms with Crippen molar-refractivity contribution in [1.29, 1.82) is 0 Å². The molecule has 1 heterocycles. The van der Waals surface area contributed by atoms with E-state index in [-0.39, 0.29) is 5.41 Å². The first-order chi connectivity index (χ1) is 5.23. The normalized spacial score (nSPS) is 29.2. The smallest absolute Gasteiger partial charge is 0.0273 e. The van der Waals surface area contributed by atoms with Gasteiger partial charge in [0.15, 0.2) is 0 Å². The summed E-state index contributed by atoms with van der Waals surface area (Å²) in [6, 6.07) is 0. The van der Waals surface area contributed by atoms with Crippen molar-refractivity contribution in [3.63, 3.8) is 0 Å². The Morgan fingerprint density at radius 2 is 2.18 bits per heavy atom. The minimum absolute atomic E-state index is 0.281. The number of nitrogens with zero attached hydrogens (tertiary/aromatic N) is 1. The Labute approximate surface area is 69.2 Å². The fourth-order valence-corrected chi connectivity index (χ4v) is 1.78. The Morgan fingerprint density at radius 3 is 2.73 bits per heavy atom. The molecule has 62 valence electrons. The second kappa shape index (κ2) is 3.21. The van der Waals surface area contributed by atoms with E-state index in [9.17, 15) is 0 Å². The van der Waals surface area contributed by atoms with Gasteiger partial charge in [-0.2, -0.15) is 0 Å². The molecule has 0 radical (unpaired) electrons. The number of rotatable bonds is 3. The van der Waals surface area contributed by atoms with Crippen molar-refractivity contribution in [2.24, 2.45) is 10.4 Å². The second-order valence-electron chi connectivity index (χ2n) is 3.41. The van der Waals surface area contributed by atoms with E-state index >= 15 is 0 Å². The highest BCUT2D eigenvalue weighted by atomic mass is 14.8. The first kappa shape index (κ1) is 8.51. The molecule has 1 heteroatoms. The lowest BCUT2D eigenvalue weighted by Crippen LogP contribution is -2.21. The zero-order valence-electron chi connectivity index (χ0n) is 7.72. The fourth-order valence-electron chi connectivity index (χ4n) is 1.78. The van der Waals surface area contributed by atoms with Gasteiger partial charge in [-0.15, -0.1) is 0 Å². The Balaban J connectivity index is 2.70. The lowest BCUT2D eigenvalue weighted by atomic mass is 9.81. The summed E-state index contributed by atoms with van der Waals surface area (Å²) in [5, 5.41) is 0. The highest BCUT2D eigenvalue weighted by Crippen LogP contribution is 2.32. The number of aliphatic imine (C=N–C) groups is 1. The van der Waals surface area contributed by atoms with Gasteiger partial charge in [0, 0.05) is 17.3 Å². The Bertz CT molecular complexity index is 191. The first-order valence-corrected chi connectivity index (χ1v) is 4.48. The van der Waals surface area contributed by atoms with Crippen LogP contribution in [0.15, 0.2) is 17.3 Å². The van der Waals surface area contributed by atoms with Gasteiger partial charge in [-0.1, -0.05) is 33.3 Å². The molecular formula is C10H17N. The maximum atomic E-state index is 4.36. The van der Waals surface area contributed by atoms with Crippen LogP contribution in [-0.2, 0) is 0 Å². The van der Waals surface area contributed by atoms with Gasteiger partial charge < -0.3 is 0 Å². The van der Waals surface area contributed by atoms with E-state index in [2.05, 4.69) is 31.8 Å². The quantitative estimate of drug-likeness (QED) is 0.587. The zero-order chi connectivity index (χ0) is 8.32. The first-order valence-electron chi connectivity index (χ1n) is 4.48. The van der Waals surface area contributed by atoms with Crippen LogP contribution in [0.1, 0.15) is 40.0 Å². The molecule has 0 fully saturated rings. The van der Waals surface area contributed by atoms with Crippen molar-refractivity contribution in [1.82, 2.24) is 0 Å². The summed E-state index contributed by atoms with van der Waals surface area (Å²) >= 11 is 0. The topological polar surface area (TPSA) is 12.4 Å². The van der Waals surface area contributed by atoms with Gasteiger partial charge in [-0.25, -0.2) is 0 Å². The molecule has 0 amide bonds. The van der Waals surface area contributed by atoms with Crippen LogP contribution in [0.25, 0.3) is 0 Å². The molecular weight excluding hydrogens is 134 g/mol. The molecule has 0 N–H and O–H groups in total. The summed E-state index contributed by atoms with van der Waals surface area (Å²) in [5.74, 6) is 0. The highest BCUT2D eigenvalue weighted by molar-refractivity contribution is 5.93. The number of hydrogen-bond acceptors (Lipinski definition) is 1. The predicted octanol–water partition coefficient (Wildman–Crippen LogP) is 3.17. The molecule has 0 spiro atoms. The van der Waals surface area contributed by atoms with Crippen molar-refractivity contribution in [2.75, 3.05) is 0 Å².